The van der Waals surface area contributed by atoms with Gasteiger partial charge in [0.15, 0.2) is 0 Å². The van der Waals surface area contributed by atoms with Crippen molar-refractivity contribution in [2.24, 2.45) is 5.92 Å². The van der Waals surface area contributed by atoms with E-state index in [4.69, 9.17) is 0 Å². The summed E-state index contributed by atoms with van der Waals surface area (Å²) < 4.78 is 0. The van der Waals surface area contributed by atoms with E-state index >= 15 is 0 Å². The van der Waals surface area contributed by atoms with Gasteiger partial charge in [-0.15, -0.1) is 0 Å². The van der Waals surface area contributed by atoms with Crippen LogP contribution in [0.25, 0.3) is 0 Å². The number of nitrogens with zero attached hydrogens (tertiary/aromatic N) is 1. The lowest BCUT2D eigenvalue weighted by Crippen LogP contribution is -2.52. The number of hydrogen-bond acceptors (Lipinski definition) is 1. The lowest BCUT2D eigenvalue weighted by molar-refractivity contribution is 0.0142. The minimum atomic E-state index is 0.511. The van der Waals surface area contributed by atoms with Crippen molar-refractivity contribution in [1.82, 2.24) is 4.90 Å². The fraction of sp³-hybridized carbons (Fsp3) is 1.00. The Kier molecular flexibility index (Phi) is 1.71. The van der Waals surface area contributed by atoms with Crippen LogP contribution in [0.15, 0.2) is 0 Å². The van der Waals surface area contributed by atoms with Crippen LogP contribution in [0.2, 0.25) is 0 Å². The Balaban J connectivity index is 2.09. The van der Waals surface area contributed by atoms with E-state index in [0.29, 0.717) is 5.54 Å². The van der Waals surface area contributed by atoms with Crippen molar-refractivity contribution >= 4 is 0 Å². The number of fused-ring (bicyclic) bond motifs is 2. The first-order chi connectivity index (χ1) is 5.18. The molecule has 0 aliphatic carbocycles. The van der Waals surface area contributed by atoms with Crippen molar-refractivity contribution in [3.8, 4) is 0 Å². The highest BCUT2D eigenvalue weighted by molar-refractivity contribution is 4.91. The van der Waals surface area contributed by atoms with Crippen LogP contribution in [0, 0.1) is 5.92 Å². The molecule has 2 bridgehead atoms. The van der Waals surface area contributed by atoms with Crippen LogP contribution in [-0.4, -0.2) is 23.5 Å². The maximum atomic E-state index is 2.69. The third-order valence-corrected chi connectivity index (χ3v) is 3.54. The van der Waals surface area contributed by atoms with Gasteiger partial charge in [0.05, 0.1) is 0 Å². The molecule has 2 aliphatic rings. The van der Waals surface area contributed by atoms with Gasteiger partial charge in [0.2, 0.25) is 0 Å². The highest BCUT2D eigenvalue weighted by Gasteiger charge is 2.35. The average Bonchev–Trinajstić information content (AvgIpc) is 2.00. The summed E-state index contributed by atoms with van der Waals surface area (Å²) in [4.78, 5) is 2.69. The molecule has 11 heavy (non-hydrogen) atoms. The molecule has 0 saturated carbocycles. The van der Waals surface area contributed by atoms with Gasteiger partial charge in [-0.1, -0.05) is 0 Å². The van der Waals surface area contributed by atoms with Gasteiger partial charge in [0, 0.05) is 12.1 Å². The van der Waals surface area contributed by atoms with E-state index in [2.05, 4.69) is 18.7 Å². The third kappa shape index (κ3) is 1.31. The summed E-state index contributed by atoms with van der Waals surface area (Å²) in [5.41, 5.74) is 0.511. The Morgan fingerprint density at radius 2 is 2.09 bits per heavy atom. The van der Waals surface area contributed by atoms with Crippen LogP contribution in [-0.2, 0) is 0 Å². The number of hydrogen-bond donors (Lipinski definition) is 0. The fourth-order valence-electron chi connectivity index (χ4n) is 2.57. The van der Waals surface area contributed by atoms with Crippen molar-refractivity contribution in [3.63, 3.8) is 0 Å². The van der Waals surface area contributed by atoms with Crippen LogP contribution >= 0.6 is 0 Å². The molecule has 0 aromatic heterocycles. The molecule has 0 N–H and O–H groups in total. The summed E-state index contributed by atoms with van der Waals surface area (Å²) in [6.45, 7) is 7.53. The maximum absolute atomic E-state index is 2.69. The van der Waals surface area contributed by atoms with Crippen molar-refractivity contribution in [2.45, 2.75) is 45.1 Å². The average molecular weight is 153 g/mol. The molecule has 64 valence electrons. The van der Waals surface area contributed by atoms with Gasteiger partial charge in [-0.2, -0.15) is 0 Å². The Bertz CT molecular complexity index is 151. The monoisotopic (exact) mass is 153 g/mol. The summed E-state index contributed by atoms with van der Waals surface area (Å²) in [6.07, 6.45) is 5.82. The predicted molar refractivity (Wildman–Crippen MR) is 47.6 cm³/mol. The molecule has 1 nitrogen and oxygen atoms in total. The summed E-state index contributed by atoms with van der Waals surface area (Å²) in [6, 6.07) is 0. The highest BCUT2D eigenvalue weighted by Crippen LogP contribution is 2.35. The zero-order valence-electron chi connectivity index (χ0n) is 7.77. The molecular formula is C10H19N. The summed E-state index contributed by atoms with van der Waals surface area (Å²) >= 11 is 0. The first-order valence-corrected chi connectivity index (χ1v) is 4.93. The minimum absolute atomic E-state index is 0.511. The molecule has 2 heterocycles. The third-order valence-electron chi connectivity index (χ3n) is 3.54. The van der Waals surface area contributed by atoms with E-state index in [1.807, 2.05) is 0 Å². The van der Waals surface area contributed by atoms with E-state index in [1.54, 1.807) is 0 Å². The van der Waals surface area contributed by atoms with Crippen LogP contribution in [0.5, 0.6) is 0 Å². The number of rotatable bonds is 0. The molecule has 0 amide bonds. The van der Waals surface area contributed by atoms with Gasteiger partial charge in [0.1, 0.15) is 0 Å². The van der Waals surface area contributed by atoms with Gasteiger partial charge in [-0.05, 0) is 52.0 Å². The van der Waals surface area contributed by atoms with E-state index in [1.165, 1.54) is 38.8 Å². The molecule has 2 rings (SSSR count). The van der Waals surface area contributed by atoms with Crippen molar-refractivity contribution in [1.29, 1.82) is 0 Å². The smallest absolute Gasteiger partial charge is 0.0153 e. The normalized spacial score (nSPS) is 42.0. The summed E-state index contributed by atoms with van der Waals surface area (Å²) in [5, 5.41) is 0. The van der Waals surface area contributed by atoms with E-state index in [0.717, 1.165) is 5.92 Å². The quantitative estimate of drug-likeness (QED) is 0.516. The van der Waals surface area contributed by atoms with Gasteiger partial charge < -0.3 is 0 Å². The van der Waals surface area contributed by atoms with Gasteiger partial charge in [-0.25, -0.2) is 0 Å². The molecule has 2 aliphatic heterocycles. The Morgan fingerprint density at radius 3 is 2.82 bits per heavy atom. The second kappa shape index (κ2) is 2.48. The van der Waals surface area contributed by atoms with E-state index in [-0.39, 0.29) is 0 Å². The van der Waals surface area contributed by atoms with Crippen LogP contribution < -0.4 is 0 Å². The van der Waals surface area contributed by atoms with E-state index < -0.39 is 0 Å². The topological polar surface area (TPSA) is 3.24 Å². The second-order valence-electron chi connectivity index (χ2n) is 4.81. The minimum Gasteiger partial charge on any atom is -0.298 e. The molecule has 0 aromatic rings. The highest BCUT2D eigenvalue weighted by atomic mass is 15.2. The molecule has 0 radical (unpaired) electrons. The first-order valence-electron chi connectivity index (χ1n) is 4.93. The maximum Gasteiger partial charge on any atom is 0.0153 e. The van der Waals surface area contributed by atoms with Crippen LogP contribution in [0.3, 0.4) is 0 Å². The molecular weight excluding hydrogens is 134 g/mol. The number of piperidine rings is 2. The van der Waals surface area contributed by atoms with Crippen molar-refractivity contribution in [3.05, 3.63) is 0 Å². The molecule has 2 saturated heterocycles. The molecule has 2 atom stereocenters. The van der Waals surface area contributed by atoms with Crippen LogP contribution in [0.4, 0.5) is 0 Å². The molecule has 1 heteroatoms. The standard InChI is InChI=1S/C10H19N/c1-10(2)6-5-9-4-3-7-11(10)8-9/h9H,3-8H2,1-2H3. The second-order valence-corrected chi connectivity index (χ2v) is 4.81. The Morgan fingerprint density at radius 1 is 1.27 bits per heavy atom. The SMILES string of the molecule is CC1(C)CCC2CCCN1C2. The molecule has 0 spiro atoms. The van der Waals surface area contributed by atoms with Crippen molar-refractivity contribution < 1.29 is 0 Å². The zero-order chi connectivity index (χ0) is 7.90. The fourth-order valence-corrected chi connectivity index (χ4v) is 2.57. The van der Waals surface area contributed by atoms with Crippen LogP contribution in [0.1, 0.15) is 39.5 Å². The largest absolute Gasteiger partial charge is 0.298 e. The molecule has 2 fully saturated rings. The lowest BCUT2D eigenvalue weighted by Gasteiger charge is -2.48. The lowest BCUT2D eigenvalue weighted by atomic mass is 9.80. The van der Waals surface area contributed by atoms with E-state index in [9.17, 15) is 0 Å². The Hall–Kier alpha value is -0.0400. The Labute approximate surface area is 69.8 Å². The van der Waals surface area contributed by atoms with Gasteiger partial charge in [-0.3, -0.25) is 4.90 Å². The summed E-state index contributed by atoms with van der Waals surface area (Å²) in [5.74, 6) is 1.04. The predicted octanol–water partition coefficient (Wildman–Crippen LogP) is 2.27. The first kappa shape index (κ1) is 7.60. The van der Waals surface area contributed by atoms with Crippen molar-refractivity contribution in [2.75, 3.05) is 13.1 Å². The summed E-state index contributed by atoms with van der Waals surface area (Å²) in [7, 11) is 0. The zero-order valence-corrected chi connectivity index (χ0v) is 7.77. The molecule has 0 aromatic carbocycles. The van der Waals surface area contributed by atoms with Gasteiger partial charge in [0.25, 0.3) is 0 Å². The molecule has 2 unspecified atom stereocenters. The van der Waals surface area contributed by atoms with Gasteiger partial charge >= 0.3 is 0 Å².